The lowest BCUT2D eigenvalue weighted by Gasteiger charge is -2.26. The van der Waals surface area contributed by atoms with Gasteiger partial charge in [0, 0.05) is 25.2 Å². The molecule has 1 rings (SSSR count). The average molecular weight is 268 g/mol. The maximum absolute atomic E-state index is 5.88. The van der Waals surface area contributed by atoms with Crippen molar-refractivity contribution in [2.75, 3.05) is 41.3 Å². The first-order valence-electron chi connectivity index (χ1n) is 7.42. The van der Waals surface area contributed by atoms with Gasteiger partial charge < -0.3 is 21.3 Å². The van der Waals surface area contributed by atoms with E-state index in [4.69, 9.17) is 11.5 Å². The van der Waals surface area contributed by atoms with Gasteiger partial charge in [-0.25, -0.2) is 0 Å². The Labute approximate surface area is 118 Å². The summed E-state index contributed by atoms with van der Waals surface area (Å²) in [6, 6.07) is 0.942. The molecule has 0 aliphatic heterocycles. The second-order valence-corrected chi connectivity index (χ2v) is 6.18. The molecule has 0 amide bonds. The fraction of sp³-hybridized carbons (Fsp3) is 0.867. The second kappa shape index (κ2) is 8.00. The molecule has 0 spiro atoms. The van der Waals surface area contributed by atoms with Crippen molar-refractivity contribution in [2.45, 2.75) is 44.2 Å². The van der Waals surface area contributed by atoms with E-state index in [9.17, 15) is 0 Å². The molecule has 0 radical (unpaired) electrons. The summed E-state index contributed by atoms with van der Waals surface area (Å²) in [6.45, 7) is 1.47. The zero-order valence-electron chi connectivity index (χ0n) is 13.2. The molecule has 4 nitrogen and oxygen atoms in total. The third kappa shape index (κ3) is 4.88. The smallest absolute Gasteiger partial charge is 0.0249 e. The summed E-state index contributed by atoms with van der Waals surface area (Å²) in [7, 11) is 8.48. The van der Waals surface area contributed by atoms with Crippen LogP contribution in [0, 0.1) is 0 Å². The molecule has 0 saturated carbocycles. The van der Waals surface area contributed by atoms with Gasteiger partial charge >= 0.3 is 0 Å². The van der Waals surface area contributed by atoms with Gasteiger partial charge in [-0.15, -0.1) is 0 Å². The van der Waals surface area contributed by atoms with Gasteiger partial charge in [-0.2, -0.15) is 0 Å². The Morgan fingerprint density at radius 2 is 1.21 bits per heavy atom. The van der Waals surface area contributed by atoms with Crippen LogP contribution >= 0.6 is 0 Å². The fourth-order valence-electron chi connectivity index (χ4n) is 2.88. The van der Waals surface area contributed by atoms with Gasteiger partial charge in [-0.05, 0) is 60.3 Å². The van der Waals surface area contributed by atoms with Crippen LogP contribution in [0.25, 0.3) is 0 Å². The summed E-state index contributed by atoms with van der Waals surface area (Å²) in [6.07, 6.45) is 6.07. The molecule has 19 heavy (non-hydrogen) atoms. The Kier molecular flexibility index (Phi) is 7.00. The lowest BCUT2D eigenvalue weighted by atomic mass is 9.97. The predicted molar refractivity (Wildman–Crippen MR) is 83.2 cm³/mol. The van der Waals surface area contributed by atoms with Crippen molar-refractivity contribution >= 4 is 0 Å². The van der Waals surface area contributed by atoms with Crippen molar-refractivity contribution in [2.24, 2.45) is 11.5 Å². The van der Waals surface area contributed by atoms with E-state index in [2.05, 4.69) is 38.0 Å². The van der Waals surface area contributed by atoms with Crippen LogP contribution in [-0.4, -0.2) is 63.2 Å². The highest BCUT2D eigenvalue weighted by molar-refractivity contribution is 5.21. The minimum Gasteiger partial charge on any atom is -0.329 e. The molecule has 0 heterocycles. The predicted octanol–water partition coefficient (Wildman–Crippen LogP) is 1.02. The van der Waals surface area contributed by atoms with Crippen LogP contribution in [-0.2, 0) is 0 Å². The molecule has 0 bridgehead atoms. The van der Waals surface area contributed by atoms with Gasteiger partial charge in [0.1, 0.15) is 0 Å². The van der Waals surface area contributed by atoms with Crippen LogP contribution in [0.3, 0.4) is 0 Å². The molecule has 1 aliphatic carbocycles. The maximum atomic E-state index is 5.88. The minimum absolute atomic E-state index is 0.471. The SMILES string of the molecule is CN(C)C(CN)CC1=C(CC(CN)N(C)C)CCC1. The molecule has 0 aromatic heterocycles. The van der Waals surface area contributed by atoms with Crippen molar-refractivity contribution in [1.82, 2.24) is 9.80 Å². The third-order valence-electron chi connectivity index (χ3n) is 4.43. The normalized spacial score (nSPS) is 19.6. The van der Waals surface area contributed by atoms with E-state index in [0.717, 1.165) is 25.9 Å². The number of hydrogen-bond donors (Lipinski definition) is 2. The molecular formula is C15H32N4. The van der Waals surface area contributed by atoms with E-state index in [1.54, 1.807) is 11.1 Å². The van der Waals surface area contributed by atoms with Gasteiger partial charge in [0.25, 0.3) is 0 Å². The molecule has 2 atom stereocenters. The largest absolute Gasteiger partial charge is 0.329 e. The number of likely N-dealkylation sites (N-methyl/N-ethyl adjacent to an activating group) is 2. The number of nitrogens with zero attached hydrogens (tertiary/aromatic N) is 2. The Bertz CT molecular complexity index is 269. The first kappa shape index (κ1) is 16.6. The van der Waals surface area contributed by atoms with Crippen LogP contribution < -0.4 is 11.5 Å². The van der Waals surface area contributed by atoms with Gasteiger partial charge in [0.2, 0.25) is 0 Å². The van der Waals surface area contributed by atoms with E-state index >= 15 is 0 Å². The lowest BCUT2D eigenvalue weighted by molar-refractivity contribution is 0.290. The van der Waals surface area contributed by atoms with E-state index in [1.165, 1.54) is 19.3 Å². The third-order valence-corrected chi connectivity index (χ3v) is 4.43. The number of rotatable bonds is 8. The molecule has 0 fully saturated rings. The Morgan fingerprint density at radius 3 is 1.47 bits per heavy atom. The van der Waals surface area contributed by atoms with E-state index in [-0.39, 0.29) is 0 Å². The molecular weight excluding hydrogens is 236 g/mol. The topological polar surface area (TPSA) is 58.5 Å². The molecule has 0 aromatic rings. The van der Waals surface area contributed by atoms with Crippen LogP contribution in [0.5, 0.6) is 0 Å². The second-order valence-electron chi connectivity index (χ2n) is 6.18. The van der Waals surface area contributed by atoms with Gasteiger partial charge in [-0.3, -0.25) is 0 Å². The quantitative estimate of drug-likeness (QED) is 0.646. The van der Waals surface area contributed by atoms with Crippen molar-refractivity contribution in [3.8, 4) is 0 Å². The van der Waals surface area contributed by atoms with Crippen LogP contribution in [0.1, 0.15) is 32.1 Å². The Hall–Kier alpha value is -0.420. The van der Waals surface area contributed by atoms with E-state index in [0.29, 0.717) is 12.1 Å². The number of hydrogen-bond acceptors (Lipinski definition) is 4. The van der Waals surface area contributed by atoms with Crippen molar-refractivity contribution in [1.29, 1.82) is 0 Å². The number of nitrogens with two attached hydrogens (primary N) is 2. The molecule has 4 heteroatoms. The standard InChI is InChI=1S/C15H32N4/c1-18(2)14(10-16)8-12-6-5-7-13(12)9-15(11-17)19(3)4/h14-15H,5-11,16-17H2,1-4H3. The first-order valence-corrected chi connectivity index (χ1v) is 7.42. The summed E-state index contributed by atoms with van der Waals surface area (Å²) in [4.78, 5) is 4.49. The first-order chi connectivity index (χ1) is 8.99. The van der Waals surface area contributed by atoms with E-state index in [1.807, 2.05) is 0 Å². The average Bonchev–Trinajstić information content (AvgIpc) is 2.79. The highest BCUT2D eigenvalue weighted by Crippen LogP contribution is 2.33. The molecule has 112 valence electrons. The summed E-state index contributed by atoms with van der Waals surface area (Å²) >= 11 is 0. The maximum Gasteiger partial charge on any atom is 0.0249 e. The Balaban J connectivity index is 2.70. The van der Waals surface area contributed by atoms with Crippen LogP contribution in [0.2, 0.25) is 0 Å². The zero-order chi connectivity index (χ0) is 14.4. The summed E-state index contributed by atoms with van der Waals surface area (Å²) < 4.78 is 0. The summed E-state index contributed by atoms with van der Waals surface area (Å²) in [5.41, 5.74) is 15.0. The zero-order valence-corrected chi connectivity index (χ0v) is 13.2. The van der Waals surface area contributed by atoms with Gasteiger partial charge in [0.15, 0.2) is 0 Å². The highest BCUT2D eigenvalue weighted by atomic mass is 15.1. The van der Waals surface area contributed by atoms with Crippen LogP contribution in [0.4, 0.5) is 0 Å². The molecule has 4 N–H and O–H groups in total. The van der Waals surface area contributed by atoms with Gasteiger partial charge in [-0.1, -0.05) is 11.1 Å². The summed E-state index contributed by atoms with van der Waals surface area (Å²) in [5, 5.41) is 0. The molecule has 1 aliphatic rings. The minimum atomic E-state index is 0.471. The molecule has 0 aromatic carbocycles. The molecule has 2 unspecified atom stereocenters. The Morgan fingerprint density at radius 1 is 0.842 bits per heavy atom. The summed E-state index contributed by atoms with van der Waals surface area (Å²) in [5.74, 6) is 0. The van der Waals surface area contributed by atoms with Crippen molar-refractivity contribution in [3.63, 3.8) is 0 Å². The van der Waals surface area contributed by atoms with Gasteiger partial charge in [0.05, 0.1) is 0 Å². The molecule has 0 saturated heterocycles. The lowest BCUT2D eigenvalue weighted by Crippen LogP contribution is -2.36. The monoisotopic (exact) mass is 268 g/mol. The van der Waals surface area contributed by atoms with E-state index < -0.39 is 0 Å². The van der Waals surface area contributed by atoms with Crippen molar-refractivity contribution in [3.05, 3.63) is 11.1 Å². The van der Waals surface area contributed by atoms with Crippen LogP contribution in [0.15, 0.2) is 11.1 Å². The van der Waals surface area contributed by atoms with Crippen molar-refractivity contribution < 1.29 is 0 Å². The fourth-order valence-corrected chi connectivity index (χ4v) is 2.88. The highest BCUT2D eigenvalue weighted by Gasteiger charge is 2.21.